The Morgan fingerprint density at radius 2 is 2.05 bits per heavy atom. The predicted molar refractivity (Wildman–Crippen MR) is 74.0 cm³/mol. The van der Waals surface area contributed by atoms with Crippen molar-refractivity contribution >= 4 is 5.91 Å². The van der Waals surface area contributed by atoms with E-state index in [-0.39, 0.29) is 11.3 Å². The summed E-state index contributed by atoms with van der Waals surface area (Å²) in [7, 11) is 0. The summed E-state index contributed by atoms with van der Waals surface area (Å²) in [6.07, 6.45) is 10.9. The van der Waals surface area contributed by atoms with E-state index in [4.69, 9.17) is 4.74 Å². The zero-order valence-corrected chi connectivity index (χ0v) is 11.7. The van der Waals surface area contributed by atoms with E-state index in [2.05, 4.69) is 15.3 Å². The second-order valence-corrected chi connectivity index (χ2v) is 5.91. The van der Waals surface area contributed by atoms with Crippen molar-refractivity contribution in [3.63, 3.8) is 0 Å². The van der Waals surface area contributed by atoms with Crippen molar-refractivity contribution in [3.05, 3.63) is 24.3 Å². The molecule has 2 heterocycles. The third-order valence-corrected chi connectivity index (χ3v) is 4.71. The van der Waals surface area contributed by atoms with Crippen LogP contribution >= 0.6 is 0 Å². The number of rotatable bonds is 3. The highest BCUT2D eigenvalue weighted by Crippen LogP contribution is 2.45. The SMILES string of the molecule is O=C(Cc1cncnc1)N[C@@H]1CCCC12CCOCC2. The first kappa shape index (κ1) is 13.5. The van der Waals surface area contributed by atoms with E-state index in [1.54, 1.807) is 12.4 Å². The zero-order chi connectivity index (χ0) is 13.8. The molecule has 1 aliphatic carbocycles. The van der Waals surface area contributed by atoms with Crippen LogP contribution in [0.5, 0.6) is 0 Å². The normalized spacial score (nSPS) is 24.7. The molecule has 2 fully saturated rings. The second-order valence-electron chi connectivity index (χ2n) is 5.91. The Hall–Kier alpha value is -1.49. The monoisotopic (exact) mass is 275 g/mol. The van der Waals surface area contributed by atoms with Crippen LogP contribution in [0.15, 0.2) is 18.7 Å². The molecular formula is C15H21N3O2. The molecule has 108 valence electrons. The molecule has 2 aliphatic rings. The van der Waals surface area contributed by atoms with Crippen molar-refractivity contribution in [1.29, 1.82) is 0 Å². The summed E-state index contributed by atoms with van der Waals surface area (Å²) in [6.45, 7) is 1.66. The molecule has 1 aromatic rings. The minimum absolute atomic E-state index is 0.0811. The lowest BCUT2D eigenvalue weighted by Crippen LogP contribution is -2.47. The Labute approximate surface area is 119 Å². The molecule has 1 aliphatic heterocycles. The van der Waals surface area contributed by atoms with Crippen LogP contribution in [0.4, 0.5) is 0 Å². The maximum absolute atomic E-state index is 12.2. The average molecular weight is 275 g/mol. The fourth-order valence-corrected chi connectivity index (χ4v) is 3.59. The highest BCUT2D eigenvalue weighted by Gasteiger charge is 2.44. The van der Waals surface area contributed by atoms with Crippen molar-refractivity contribution in [2.45, 2.75) is 44.6 Å². The first-order valence-corrected chi connectivity index (χ1v) is 7.39. The molecular weight excluding hydrogens is 254 g/mol. The van der Waals surface area contributed by atoms with Gasteiger partial charge < -0.3 is 10.1 Å². The Kier molecular flexibility index (Phi) is 3.96. The third-order valence-electron chi connectivity index (χ3n) is 4.71. The average Bonchev–Trinajstić information content (AvgIpc) is 2.83. The van der Waals surface area contributed by atoms with Gasteiger partial charge in [0, 0.05) is 31.6 Å². The molecule has 1 aromatic heterocycles. The molecule has 1 saturated carbocycles. The molecule has 1 amide bonds. The van der Waals surface area contributed by atoms with Gasteiger partial charge >= 0.3 is 0 Å². The predicted octanol–water partition coefficient (Wildman–Crippen LogP) is 1.48. The maximum atomic E-state index is 12.2. The molecule has 0 aromatic carbocycles. The highest BCUT2D eigenvalue weighted by atomic mass is 16.5. The van der Waals surface area contributed by atoms with Crippen LogP contribution in [0.25, 0.3) is 0 Å². The molecule has 5 heteroatoms. The summed E-state index contributed by atoms with van der Waals surface area (Å²) in [4.78, 5) is 20.1. The van der Waals surface area contributed by atoms with Gasteiger partial charge in [-0.15, -0.1) is 0 Å². The second kappa shape index (κ2) is 5.87. The van der Waals surface area contributed by atoms with Gasteiger partial charge in [0.05, 0.1) is 6.42 Å². The van der Waals surface area contributed by atoms with Crippen LogP contribution in [-0.4, -0.2) is 35.1 Å². The van der Waals surface area contributed by atoms with Crippen molar-refractivity contribution in [2.24, 2.45) is 5.41 Å². The summed E-state index contributed by atoms with van der Waals surface area (Å²) in [6, 6.07) is 0.309. The minimum Gasteiger partial charge on any atom is -0.381 e. The number of carbonyl (C=O) groups is 1. The van der Waals surface area contributed by atoms with Gasteiger partial charge in [0.15, 0.2) is 0 Å². The summed E-state index contributed by atoms with van der Waals surface area (Å²) < 4.78 is 5.48. The van der Waals surface area contributed by atoms with E-state index in [1.807, 2.05) is 0 Å². The van der Waals surface area contributed by atoms with Gasteiger partial charge in [0.1, 0.15) is 6.33 Å². The first-order valence-electron chi connectivity index (χ1n) is 7.39. The summed E-state index contributed by atoms with van der Waals surface area (Å²) >= 11 is 0. The molecule has 1 saturated heterocycles. The lowest BCUT2D eigenvalue weighted by atomic mass is 9.75. The topological polar surface area (TPSA) is 64.1 Å². The molecule has 5 nitrogen and oxygen atoms in total. The van der Waals surface area contributed by atoms with Crippen LogP contribution < -0.4 is 5.32 Å². The van der Waals surface area contributed by atoms with Crippen LogP contribution in [0.2, 0.25) is 0 Å². The van der Waals surface area contributed by atoms with Gasteiger partial charge in [0.25, 0.3) is 0 Å². The van der Waals surface area contributed by atoms with E-state index in [0.717, 1.165) is 38.0 Å². The molecule has 0 bridgehead atoms. The molecule has 1 N–H and O–H groups in total. The fraction of sp³-hybridized carbons (Fsp3) is 0.667. The molecule has 1 spiro atoms. The smallest absolute Gasteiger partial charge is 0.224 e. The van der Waals surface area contributed by atoms with Gasteiger partial charge in [-0.3, -0.25) is 4.79 Å². The minimum atomic E-state index is 0.0811. The number of aromatic nitrogens is 2. The largest absolute Gasteiger partial charge is 0.381 e. The van der Waals surface area contributed by atoms with Crippen molar-refractivity contribution in [2.75, 3.05) is 13.2 Å². The fourth-order valence-electron chi connectivity index (χ4n) is 3.59. The Balaban J connectivity index is 1.60. The van der Waals surface area contributed by atoms with Crippen LogP contribution in [0.1, 0.15) is 37.7 Å². The molecule has 1 atom stereocenters. The van der Waals surface area contributed by atoms with Gasteiger partial charge in [-0.1, -0.05) is 6.42 Å². The Morgan fingerprint density at radius 3 is 2.80 bits per heavy atom. The van der Waals surface area contributed by atoms with Crippen molar-refractivity contribution in [1.82, 2.24) is 15.3 Å². The van der Waals surface area contributed by atoms with Gasteiger partial charge in [-0.2, -0.15) is 0 Å². The quantitative estimate of drug-likeness (QED) is 0.907. The Bertz CT molecular complexity index is 457. The number of amides is 1. The number of nitrogens with zero attached hydrogens (tertiary/aromatic N) is 2. The highest BCUT2D eigenvalue weighted by molar-refractivity contribution is 5.78. The van der Waals surface area contributed by atoms with E-state index in [9.17, 15) is 4.79 Å². The third kappa shape index (κ3) is 2.82. The van der Waals surface area contributed by atoms with E-state index >= 15 is 0 Å². The first-order chi connectivity index (χ1) is 9.78. The van der Waals surface area contributed by atoms with Crippen molar-refractivity contribution < 1.29 is 9.53 Å². The van der Waals surface area contributed by atoms with E-state index in [1.165, 1.54) is 19.2 Å². The maximum Gasteiger partial charge on any atom is 0.224 e. The molecule has 0 radical (unpaired) electrons. The number of carbonyl (C=O) groups excluding carboxylic acids is 1. The van der Waals surface area contributed by atoms with Crippen LogP contribution in [0.3, 0.4) is 0 Å². The Morgan fingerprint density at radius 1 is 1.30 bits per heavy atom. The van der Waals surface area contributed by atoms with Crippen LogP contribution in [0, 0.1) is 5.41 Å². The lowest BCUT2D eigenvalue weighted by molar-refractivity contribution is -0.122. The molecule has 0 unspecified atom stereocenters. The van der Waals surface area contributed by atoms with Gasteiger partial charge in [-0.05, 0) is 36.7 Å². The van der Waals surface area contributed by atoms with E-state index < -0.39 is 0 Å². The summed E-state index contributed by atoms with van der Waals surface area (Å²) in [5.41, 5.74) is 1.14. The molecule has 3 rings (SSSR count). The molecule has 20 heavy (non-hydrogen) atoms. The van der Waals surface area contributed by atoms with Crippen molar-refractivity contribution in [3.8, 4) is 0 Å². The number of hydrogen-bond acceptors (Lipinski definition) is 4. The van der Waals surface area contributed by atoms with Gasteiger partial charge in [-0.25, -0.2) is 9.97 Å². The summed E-state index contributed by atoms with van der Waals surface area (Å²) in [5.74, 6) is 0.0811. The lowest BCUT2D eigenvalue weighted by Gasteiger charge is -2.39. The van der Waals surface area contributed by atoms with Crippen LogP contribution in [-0.2, 0) is 16.0 Å². The van der Waals surface area contributed by atoms with E-state index in [0.29, 0.717) is 12.5 Å². The number of nitrogens with one attached hydrogen (secondary N) is 1. The number of ether oxygens (including phenoxy) is 1. The van der Waals surface area contributed by atoms with Gasteiger partial charge in [0.2, 0.25) is 5.91 Å². The summed E-state index contributed by atoms with van der Waals surface area (Å²) in [5, 5.41) is 3.24. The zero-order valence-electron chi connectivity index (χ0n) is 11.7. The number of hydrogen-bond donors (Lipinski definition) is 1. The standard InChI is InChI=1S/C15H21N3O2/c19-14(8-12-9-16-11-17-10-12)18-13-2-1-3-15(13)4-6-20-7-5-15/h9-11,13H,1-8H2,(H,18,19)/t13-/m1/s1.